The molecular weight excluding hydrogens is 306 g/mol. The van der Waals surface area contributed by atoms with Gasteiger partial charge in [0.2, 0.25) is 0 Å². The SMILES string of the molecule is O=c1c2c(ccn1Cc1ccccc1)n([O-])c1ccccc1[n+]2=O. The van der Waals surface area contributed by atoms with Gasteiger partial charge >= 0.3 is 11.1 Å². The molecular formula is C18H13N3O3. The molecule has 118 valence electrons. The van der Waals surface area contributed by atoms with E-state index in [0.29, 0.717) is 15.7 Å². The van der Waals surface area contributed by atoms with Crippen LogP contribution in [-0.2, 0) is 6.54 Å². The van der Waals surface area contributed by atoms with Crippen molar-refractivity contribution in [3.63, 3.8) is 0 Å². The number of para-hydroxylation sites is 2. The van der Waals surface area contributed by atoms with E-state index < -0.39 is 5.56 Å². The second-order valence-corrected chi connectivity index (χ2v) is 5.55. The molecule has 4 aromatic rings. The number of nitrogens with zero attached hydrogens (tertiary/aromatic N) is 3. The molecule has 4 rings (SSSR count). The van der Waals surface area contributed by atoms with Crippen molar-refractivity contribution < 1.29 is 4.43 Å². The molecule has 0 aliphatic rings. The maximum Gasteiger partial charge on any atom is 0.351 e. The standard InChI is InChI=1S/C18H13N3O3/c22-18-17-16(10-11-19(18)12-13-6-2-1-3-7-13)20(23)14-8-4-5-9-15(14)21(17)24/h1-11H,12H2. The summed E-state index contributed by atoms with van der Waals surface area (Å²) in [4.78, 5) is 25.4. The van der Waals surface area contributed by atoms with Gasteiger partial charge in [0.1, 0.15) is 11.0 Å². The summed E-state index contributed by atoms with van der Waals surface area (Å²) < 4.78 is 2.61. The van der Waals surface area contributed by atoms with Gasteiger partial charge in [-0.2, -0.15) is 0 Å². The van der Waals surface area contributed by atoms with Crippen LogP contribution in [0.4, 0.5) is 0 Å². The monoisotopic (exact) mass is 319 g/mol. The fourth-order valence-electron chi connectivity index (χ4n) is 2.87. The molecule has 0 N–H and O–H groups in total. The highest BCUT2D eigenvalue weighted by molar-refractivity contribution is 5.82. The minimum atomic E-state index is -0.485. The first-order valence-electron chi connectivity index (χ1n) is 7.48. The first-order chi connectivity index (χ1) is 11.7. The zero-order chi connectivity index (χ0) is 16.7. The van der Waals surface area contributed by atoms with Crippen molar-refractivity contribution in [3.05, 3.63) is 92.9 Å². The molecule has 6 heteroatoms. The van der Waals surface area contributed by atoms with Crippen molar-refractivity contribution in [2.45, 2.75) is 6.54 Å². The van der Waals surface area contributed by atoms with Crippen LogP contribution in [0.25, 0.3) is 22.1 Å². The molecule has 0 saturated carbocycles. The van der Waals surface area contributed by atoms with Gasteiger partial charge in [-0.25, -0.2) is 0 Å². The summed E-state index contributed by atoms with van der Waals surface area (Å²) in [6, 6.07) is 17.4. The molecule has 0 fully saturated rings. The molecule has 0 atom stereocenters. The number of hydrogen-bond donors (Lipinski definition) is 0. The van der Waals surface area contributed by atoms with Gasteiger partial charge in [0.15, 0.2) is 0 Å². The summed E-state index contributed by atoms with van der Waals surface area (Å²) >= 11 is 0. The second-order valence-electron chi connectivity index (χ2n) is 5.55. The van der Waals surface area contributed by atoms with Gasteiger partial charge in [0.05, 0.1) is 11.0 Å². The van der Waals surface area contributed by atoms with Crippen LogP contribution < -0.4 is 9.99 Å². The number of fused-ring (bicyclic) bond motifs is 2. The molecule has 0 amide bonds. The van der Waals surface area contributed by atoms with E-state index in [1.165, 1.54) is 16.7 Å². The topological polar surface area (TPSA) is 73.0 Å². The first kappa shape index (κ1) is 14.2. The van der Waals surface area contributed by atoms with Crippen molar-refractivity contribution in [2.24, 2.45) is 0 Å². The summed E-state index contributed by atoms with van der Waals surface area (Å²) in [5.74, 6) is 0. The smallest absolute Gasteiger partial charge is 0.351 e. The van der Waals surface area contributed by atoms with Crippen LogP contribution in [0, 0.1) is 10.1 Å². The number of pyridine rings is 1. The Kier molecular flexibility index (Phi) is 3.16. The Bertz CT molecular complexity index is 1180. The first-order valence-corrected chi connectivity index (χ1v) is 7.48. The van der Waals surface area contributed by atoms with E-state index >= 15 is 0 Å². The Morgan fingerprint density at radius 2 is 1.62 bits per heavy atom. The van der Waals surface area contributed by atoms with Crippen LogP contribution in [0.3, 0.4) is 0 Å². The molecule has 0 radical (unpaired) electrons. The van der Waals surface area contributed by atoms with E-state index in [0.717, 1.165) is 5.56 Å². The van der Waals surface area contributed by atoms with Crippen LogP contribution in [0.5, 0.6) is 0 Å². The van der Waals surface area contributed by atoms with Gasteiger partial charge in [-0.15, -0.1) is 0 Å². The highest BCUT2D eigenvalue weighted by Crippen LogP contribution is 2.14. The maximum atomic E-state index is 12.7. The van der Waals surface area contributed by atoms with E-state index in [4.69, 9.17) is 0 Å². The number of benzene rings is 2. The Hall–Kier alpha value is -3.41. The van der Waals surface area contributed by atoms with Crippen molar-refractivity contribution >= 4 is 22.1 Å². The molecule has 0 aliphatic heterocycles. The van der Waals surface area contributed by atoms with Crippen molar-refractivity contribution in [1.29, 1.82) is 0 Å². The lowest BCUT2D eigenvalue weighted by Crippen LogP contribution is -2.31. The van der Waals surface area contributed by atoms with Crippen molar-refractivity contribution in [3.8, 4) is 0 Å². The molecule has 0 saturated heterocycles. The van der Waals surface area contributed by atoms with Gasteiger partial charge in [0, 0.05) is 17.2 Å². The van der Waals surface area contributed by atoms with E-state index in [2.05, 4.69) is 0 Å². The minimum Gasteiger partial charge on any atom is -0.805 e. The lowest BCUT2D eigenvalue weighted by atomic mass is 10.2. The highest BCUT2D eigenvalue weighted by Gasteiger charge is 2.20. The van der Waals surface area contributed by atoms with E-state index in [-0.39, 0.29) is 22.1 Å². The summed E-state index contributed by atoms with van der Waals surface area (Å²) in [7, 11) is 0. The van der Waals surface area contributed by atoms with E-state index in [9.17, 15) is 14.9 Å². The predicted octanol–water partition coefficient (Wildman–Crippen LogP) is 2.26. The molecule has 2 heterocycles. The second kappa shape index (κ2) is 5.34. The van der Waals surface area contributed by atoms with Crippen LogP contribution in [0.15, 0.2) is 71.7 Å². The average molecular weight is 319 g/mol. The number of hydrogen-bond acceptors (Lipinski definition) is 3. The fraction of sp³-hybridized carbons (Fsp3) is 0.0556. The molecule has 2 aromatic carbocycles. The minimum absolute atomic E-state index is 0.0676. The third-order valence-corrected chi connectivity index (χ3v) is 4.06. The Morgan fingerprint density at radius 3 is 2.42 bits per heavy atom. The van der Waals surface area contributed by atoms with Gasteiger partial charge in [-0.3, -0.25) is 4.79 Å². The van der Waals surface area contributed by atoms with Crippen molar-refractivity contribution in [2.75, 3.05) is 0 Å². The van der Waals surface area contributed by atoms with Gasteiger partial charge in [-0.05, 0) is 17.7 Å². The normalized spacial score (nSPS) is 11.2. The largest absolute Gasteiger partial charge is 0.805 e. The van der Waals surface area contributed by atoms with Crippen LogP contribution in [0.2, 0.25) is 0 Å². The Labute approximate surface area is 136 Å². The molecule has 0 bridgehead atoms. The lowest BCUT2D eigenvalue weighted by Gasteiger charge is -2.14. The number of rotatable bonds is 2. The van der Waals surface area contributed by atoms with Gasteiger partial charge in [0.25, 0.3) is 5.52 Å². The fourth-order valence-corrected chi connectivity index (χ4v) is 2.87. The molecule has 2 aromatic heterocycles. The highest BCUT2D eigenvalue weighted by atomic mass is 16.5. The van der Waals surface area contributed by atoms with Crippen molar-refractivity contribution in [1.82, 2.24) is 9.30 Å². The Morgan fingerprint density at radius 1 is 0.917 bits per heavy atom. The summed E-state index contributed by atoms with van der Waals surface area (Å²) in [6.45, 7) is 0.335. The quantitative estimate of drug-likeness (QED) is 0.420. The molecule has 0 aliphatic carbocycles. The Balaban J connectivity index is 2.03. The van der Waals surface area contributed by atoms with Crippen LogP contribution >= 0.6 is 0 Å². The van der Waals surface area contributed by atoms with E-state index in [1.54, 1.807) is 24.4 Å². The third kappa shape index (κ3) is 2.08. The van der Waals surface area contributed by atoms with Gasteiger partial charge in [-0.1, -0.05) is 42.5 Å². The maximum absolute atomic E-state index is 12.7. The zero-order valence-electron chi connectivity index (χ0n) is 12.6. The predicted molar refractivity (Wildman–Crippen MR) is 91.4 cm³/mol. The molecule has 0 spiro atoms. The average Bonchev–Trinajstić information content (AvgIpc) is 2.62. The van der Waals surface area contributed by atoms with Crippen LogP contribution in [-0.4, -0.2) is 9.30 Å². The molecule has 6 nitrogen and oxygen atoms in total. The van der Waals surface area contributed by atoms with Gasteiger partial charge < -0.3 is 14.5 Å². The zero-order valence-corrected chi connectivity index (χ0v) is 12.6. The van der Waals surface area contributed by atoms with Crippen LogP contribution in [0.1, 0.15) is 5.56 Å². The molecule has 0 unspecified atom stereocenters. The summed E-state index contributed by atoms with van der Waals surface area (Å²) in [6.07, 6.45) is 1.54. The molecule has 24 heavy (non-hydrogen) atoms. The summed E-state index contributed by atoms with van der Waals surface area (Å²) in [5, 5.41) is 12.5. The lowest BCUT2D eigenvalue weighted by molar-refractivity contribution is -0.433. The third-order valence-electron chi connectivity index (χ3n) is 4.06. The van der Waals surface area contributed by atoms with E-state index in [1.807, 2.05) is 30.3 Å². The number of aromatic nitrogens is 3. The summed E-state index contributed by atoms with van der Waals surface area (Å²) in [5.41, 5.74) is 0.781.